The number of ether oxygens (including phenoxy) is 4. The van der Waals surface area contributed by atoms with E-state index in [2.05, 4.69) is 25.1 Å². The van der Waals surface area contributed by atoms with Crippen molar-refractivity contribution in [3.8, 4) is 23.0 Å². The van der Waals surface area contributed by atoms with E-state index >= 15 is 0 Å². The first-order chi connectivity index (χ1) is 16.6. The maximum absolute atomic E-state index is 12.9. The third kappa shape index (κ3) is 5.68. The number of methoxy groups -OCH3 is 2. The Morgan fingerprint density at radius 3 is 2.38 bits per heavy atom. The molecule has 0 spiro atoms. The number of unbranched alkanes of at least 4 members (excludes halogenated alkanes) is 1. The third-order valence-corrected chi connectivity index (χ3v) is 7.25. The van der Waals surface area contributed by atoms with E-state index < -0.39 is 0 Å². The lowest BCUT2D eigenvalue weighted by Gasteiger charge is -2.22. The van der Waals surface area contributed by atoms with Gasteiger partial charge in [-0.3, -0.25) is 4.79 Å². The van der Waals surface area contributed by atoms with E-state index in [-0.39, 0.29) is 17.9 Å². The molecule has 2 aliphatic carbocycles. The Labute approximate surface area is 203 Å². The minimum Gasteiger partial charge on any atom is -0.493 e. The second-order valence-electron chi connectivity index (χ2n) is 9.54. The second kappa shape index (κ2) is 11.6. The van der Waals surface area contributed by atoms with Crippen molar-refractivity contribution in [1.82, 2.24) is 0 Å². The molecule has 0 aromatic heterocycles. The van der Waals surface area contributed by atoms with Crippen LogP contribution in [0.4, 0.5) is 0 Å². The van der Waals surface area contributed by atoms with Gasteiger partial charge in [0.05, 0.1) is 26.9 Å². The molecule has 2 aromatic carbocycles. The standard InChI is InChI=1S/C29H38O5/c1-4-5-16-33-27-14-10-20(18-28(27)32-3)17-24-23(12-13-25(24)30)21-11-15-26(31-2)29(19-21)34-22-8-6-7-9-22/h10-11,14-15,18-19,22-24H,4-9,12-13,16-17H2,1-3H3. The summed E-state index contributed by atoms with van der Waals surface area (Å²) in [6, 6.07) is 12.3. The number of Topliss-reactive ketones (excluding diaryl/α,β-unsaturated/α-hetero) is 1. The first-order valence-corrected chi connectivity index (χ1v) is 12.8. The van der Waals surface area contributed by atoms with E-state index in [4.69, 9.17) is 18.9 Å². The fourth-order valence-corrected chi connectivity index (χ4v) is 5.30. The molecule has 5 heteroatoms. The average molecular weight is 467 g/mol. The first-order valence-electron chi connectivity index (χ1n) is 12.8. The van der Waals surface area contributed by atoms with Crippen LogP contribution < -0.4 is 18.9 Å². The monoisotopic (exact) mass is 466 g/mol. The molecule has 0 heterocycles. The highest BCUT2D eigenvalue weighted by Crippen LogP contribution is 2.43. The van der Waals surface area contributed by atoms with Crippen LogP contribution in [-0.2, 0) is 11.2 Å². The molecule has 4 rings (SSSR count). The van der Waals surface area contributed by atoms with E-state index in [9.17, 15) is 4.79 Å². The van der Waals surface area contributed by atoms with Crippen molar-refractivity contribution in [3.05, 3.63) is 47.5 Å². The minimum absolute atomic E-state index is 0.0516. The van der Waals surface area contributed by atoms with Gasteiger partial charge in [-0.2, -0.15) is 0 Å². The van der Waals surface area contributed by atoms with Crippen LogP contribution in [0.3, 0.4) is 0 Å². The van der Waals surface area contributed by atoms with Crippen molar-refractivity contribution < 1.29 is 23.7 Å². The summed E-state index contributed by atoms with van der Waals surface area (Å²) in [5.74, 6) is 3.52. The molecule has 2 atom stereocenters. The molecule has 2 aliphatic rings. The molecule has 2 aromatic rings. The lowest BCUT2D eigenvalue weighted by molar-refractivity contribution is -0.120. The molecule has 0 aliphatic heterocycles. The van der Waals surface area contributed by atoms with Gasteiger partial charge < -0.3 is 18.9 Å². The van der Waals surface area contributed by atoms with Gasteiger partial charge >= 0.3 is 0 Å². The number of carbonyl (C=O) groups excluding carboxylic acids is 1. The summed E-state index contributed by atoms with van der Waals surface area (Å²) in [7, 11) is 3.35. The maximum Gasteiger partial charge on any atom is 0.161 e. The predicted molar refractivity (Wildman–Crippen MR) is 133 cm³/mol. The Hall–Kier alpha value is -2.69. The third-order valence-electron chi connectivity index (χ3n) is 7.25. The van der Waals surface area contributed by atoms with Gasteiger partial charge in [-0.05, 0) is 86.3 Å². The molecule has 2 unspecified atom stereocenters. The number of hydrogen-bond donors (Lipinski definition) is 0. The molecule has 0 N–H and O–H groups in total. The molecular weight excluding hydrogens is 428 g/mol. The lowest BCUT2D eigenvalue weighted by atomic mass is 9.84. The van der Waals surface area contributed by atoms with Crippen LogP contribution in [0.5, 0.6) is 23.0 Å². The van der Waals surface area contributed by atoms with E-state index in [0.717, 1.165) is 66.2 Å². The van der Waals surface area contributed by atoms with Crippen LogP contribution >= 0.6 is 0 Å². The fourth-order valence-electron chi connectivity index (χ4n) is 5.30. The maximum atomic E-state index is 12.9. The molecule has 0 bridgehead atoms. The molecule has 184 valence electrons. The number of ketones is 1. The zero-order valence-electron chi connectivity index (χ0n) is 20.8. The van der Waals surface area contributed by atoms with Crippen molar-refractivity contribution in [1.29, 1.82) is 0 Å². The van der Waals surface area contributed by atoms with Crippen LogP contribution in [-0.4, -0.2) is 32.7 Å². The van der Waals surface area contributed by atoms with Crippen LogP contribution in [0, 0.1) is 5.92 Å². The Kier molecular flexibility index (Phi) is 8.36. The van der Waals surface area contributed by atoms with Crippen molar-refractivity contribution in [2.45, 2.75) is 76.7 Å². The summed E-state index contributed by atoms with van der Waals surface area (Å²) in [6.45, 7) is 2.82. The Balaban J connectivity index is 1.52. The summed E-state index contributed by atoms with van der Waals surface area (Å²) in [4.78, 5) is 12.9. The van der Waals surface area contributed by atoms with E-state index in [1.807, 2.05) is 18.2 Å². The summed E-state index contributed by atoms with van der Waals surface area (Å²) in [5.41, 5.74) is 2.26. The van der Waals surface area contributed by atoms with Crippen molar-refractivity contribution in [3.63, 3.8) is 0 Å². The average Bonchev–Trinajstić information content (AvgIpc) is 3.50. The lowest BCUT2D eigenvalue weighted by Crippen LogP contribution is -2.17. The van der Waals surface area contributed by atoms with E-state index in [1.54, 1.807) is 14.2 Å². The summed E-state index contributed by atoms with van der Waals surface area (Å²) >= 11 is 0. The van der Waals surface area contributed by atoms with Gasteiger partial charge in [0.25, 0.3) is 0 Å². The molecular formula is C29H38O5. The molecule has 2 saturated carbocycles. The SMILES string of the molecule is CCCCOc1ccc(CC2C(=O)CCC2c2ccc(OC)c(OC3CCCC3)c2)cc1OC. The smallest absolute Gasteiger partial charge is 0.161 e. The van der Waals surface area contributed by atoms with Gasteiger partial charge in [0.1, 0.15) is 5.78 Å². The predicted octanol–water partition coefficient (Wildman–Crippen LogP) is 6.51. The molecule has 34 heavy (non-hydrogen) atoms. The van der Waals surface area contributed by atoms with E-state index in [1.165, 1.54) is 12.8 Å². The number of benzene rings is 2. The number of hydrogen-bond acceptors (Lipinski definition) is 5. The van der Waals surface area contributed by atoms with Gasteiger partial charge in [-0.25, -0.2) is 0 Å². The van der Waals surface area contributed by atoms with Crippen molar-refractivity contribution in [2.24, 2.45) is 5.92 Å². The molecule has 0 amide bonds. The largest absolute Gasteiger partial charge is 0.493 e. The van der Waals surface area contributed by atoms with Crippen LogP contribution in [0.15, 0.2) is 36.4 Å². The zero-order valence-corrected chi connectivity index (χ0v) is 20.8. The number of carbonyl (C=O) groups is 1. The normalized spacial score (nSPS) is 20.5. The molecule has 5 nitrogen and oxygen atoms in total. The van der Waals surface area contributed by atoms with Gasteiger partial charge in [0.2, 0.25) is 0 Å². The molecule has 0 radical (unpaired) electrons. The van der Waals surface area contributed by atoms with Crippen LogP contribution in [0.25, 0.3) is 0 Å². The van der Waals surface area contributed by atoms with Gasteiger partial charge in [-0.1, -0.05) is 25.5 Å². The topological polar surface area (TPSA) is 54.0 Å². The molecule has 2 fully saturated rings. The fraction of sp³-hybridized carbons (Fsp3) is 0.552. The quantitative estimate of drug-likeness (QED) is 0.353. The van der Waals surface area contributed by atoms with Crippen LogP contribution in [0.2, 0.25) is 0 Å². The highest BCUT2D eigenvalue weighted by atomic mass is 16.5. The van der Waals surface area contributed by atoms with Gasteiger partial charge in [-0.15, -0.1) is 0 Å². The Morgan fingerprint density at radius 2 is 1.65 bits per heavy atom. The second-order valence-corrected chi connectivity index (χ2v) is 9.54. The zero-order chi connectivity index (χ0) is 23.9. The highest BCUT2D eigenvalue weighted by Gasteiger charge is 2.36. The Bertz CT molecular complexity index is 963. The first kappa shape index (κ1) is 24.4. The van der Waals surface area contributed by atoms with Gasteiger partial charge in [0.15, 0.2) is 23.0 Å². The van der Waals surface area contributed by atoms with Crippen molar-refractivity contribution in [2.75, 3.05) is 20.8 Å². The minimum atomic E-state index is -0.0516. The van der Waals surface area contributed by atoms with Crippen LogP contribution in [0.1, 0.15) is 75.3 Å². The van der Waals surface area contributed by atoms with E-state index in [0.29, 0.717) is 25.2 Å². The summed E-state index contributed by atoms with van der Waals surface area (Å²) in [5, 5.41) is 0. The Morgan fingerprint density at radius 1 is 0.882 bits per heavy atom. The van der Waals surface area contributed by atoms with Crippen molar-refractivity contribution >= 4 is 5.78 Å². The number of rotatable bonds is 11. The molecule has 0 saturated heterocycles. The summed E-state index contributed by atoms with van der Waals surface area (Å²) < 4.78 is 23.4. The summed E-state index contributed by atoms with van der Waals surface area (Å²) in [6.07, 6.45) is 9.17. The van der Waals surface area contributed by atoms with Gasteiger partial charge in [0, 0.05) is 12.3 Å². The highest BCUT2D eigenvalue weighted by molar-refractivity contribution is 5.85.